The summed E-state index contributed by atoms with van der Waals surface area (Å²) in [5.41, 5.74) is 1.24. The normalized spacial score (nSPS) is 30.3. The molecule has 3 atom stereocenters. The van der Waals surface area contributed by atoms with Crippen LogP contribution >= 0.6 is 0 Å². The molecule has 18 heavy (non-hydrogen) atoms. The van der Waals surface area contributed by atoms with Crippen molar-refractivity contribution in [2.24, 2.45) is 5.92 Å². The van der Waals surface area contributed by atoms with Crippen LogP contribution in [0.15, 0.2) is 30.3 Å². The van der Waals surface area contributed by atoms with Crippen LogP contribution in [0.3, 0.4) is 0 Å². The summed E-state index contributed by atoms with van der Waals surface area (Å²) in [5, 5.41) is 3.39. The molecule has 2 aliphatic rings. The summed E-state index contributed by atoms with van der Waals surface area (Å²) in [6, 6.07) is 10.6. The highest BCUT2D eigenvalue weighted by Crippen LogP contribution is 2.30. The number of esters is 1. The summed E-state index contributed by atoms with van der Waals surface area (Å²) < 4.78 is 4.86. The van der Waals surface area contributed by atoms with Gasteiger partial charge in [-0.2, -0.15) is 0 Å². The number of hydrogen-bond acceptors (Lipinski definition) is 4. The van der Waals surface area contributed by atoms with E-state index in [2.05, 4.69) is 34.5 Å². The van der Waals surface area contributed by atoms with Gasteiger partial charge in [-0.3, -0.25) is 10.1 Å². The number of nitrogens with one attached hydrogen (secondary N) is 1. The first-order valence-electron chi connectivity index (χ1n) is 6.42. The van der Waals surface area contributed by atoms with E-state index in [4.69, 9.17) is 4.74 Å². The number of carbonyl (C=O) groups excluding carboxylic acids is 1. The lowest BCUT2D eigenvalue weighted by atomic mass is 9.94. The van der Waals surface area contributed by atoms with Crippen molar-refractivity contribution in [3.05, 3.63) is 30.3 Å². The minimum atomic E-state index is -0.131. The van der Waals surface area contributed by atoms with Gasteiger partial charge in [0.15, 0.2) is 0 Å². The molecule has 2 saturated heterocycles. The molecule has 2 heterocycles. The summed E-state index contributed by atoms with van der Waals surface area (Å²) in [7, 11) is 1.46. The van der Waals surface area contributed by atoms with Gasteiger partial charge in [0.1, 0.15) is 6.04 Å². The molecule has 4 heteroatoms. The molecule has 0 aromatic heterocycles. The summed E-state index contributed by atoms with van der Waals surface area (Å²) in [6.45, 7) is 1.89. The second-order valence-electron chi connectivity index (χ2n) is 5.10. The zero-order chi connectivity index (χ0) is 12.5. The Kier molecular flexibility index (Phi) is 2.96. The highest BCUT2D eigenvalue weighted by atomic mass is 16.5. The molecule has 2 fully saturated rings. The first-order chi connectivity index (χ1) is 8.78. The van der Waals surface area contributed by atoms with Crippen LogP contribution in [0, 0.1) is 5.92 Å². The molecule has 1 aromatic rings. The predicted octanol–water partition coefficient (Wildman–Crippen LogP) is 1.03. The van der Waals surface area contributed by atoms with E-state index >= 15 is 0 Å². The summed E-state index contributed by atoms with van der Waals surface area (Å²) in [5.74, 6) is 0.230. The molecule has 2 aliphatic heterocycles. The fourth-order valence-electron chi connectivity index (χ4n) is 3.13. The zero-order valence-electron chi connectivity index (χ0n) is 10.5. The largest absolute Gasteiger partial charge is 0.468 e. The van der Waals surface area contributed by atoms with Gasteiger partial charge in [-0.1, -0.05) is 18.2 Å². The van der Waals surface area contributed by atoms with Crippen molar-refractivity contribution < 1.29 is 9.53 Å². The SMILES string of the molecule is COC(=O)[C@@H]1N[C@@H]2C[C@H]1CN(c1ccccc1)C2. The summed E-state index contributed by atoms with van der Waals surface area (Å²) >= 11 is 0. The fraction of sp³-hybridized carbons (Fsp3) is 0.500. The number of piperidine rings is 1. The topological polar surface area (TPSA) is 41.6 Å². The van der Waals surface area contributed by atoms with E-state index in [9.17, 15) is 4.79 Å². The van der Waals surface area contributed by atoms with Crippen LogP contribution in [0.1, 0.15) is 6.42 Å². The van der Waals surface area contributed by atoms with Crippen LogP contribution in [0.5, 0.6) is 0 Å². The summed E-state index contributed by atoms with van der Waals surface area (Å²) in [6.07, 6.45) is 1.07. The van der Waals surface area contributed by atoms with E-state index in [0.29, 0.717) is 12.0 Å². The maximum atomic E-state index is 11.7. The van der Waals surface area contributed by atoms with E-state index in [1.165, 1.54) is 12.8 Å². The van der Waals surface area contributed by atoms with Gasteiger partial charge in [-0.05, 0) is 18.6 Å². The summed E-state index contributed by atoms with van der Waals surface area (Å²) in [4.78, 5) is 14.1. The third-order valence-corrected chi connectivity index (χ3v) is 3.95. The molecular weight excluding hydrogens is 228 g/mol. The number of nitrogens with zero attached hydrogens (tertiary/aromatic N) is 1. The molecule has 0 spiro atoms. The maximum Gasteiger partial charge on any atom is 0.323 e. The van der Waals surface area contributed by atoms with E-state index in [-0.39, 0.29) is 12.0 Å². The number of rotatable bonds is 2. The zero-order valence-corrected chi connectivity index (χ0v) is 10.5. The Bertz CT molecular complexity index is 435. The number of fused-ring (bicyclic) bond motifs is 2. The molecule has 0 saturated carbocycles. The van der Waals surface area contributed by atoms with Gasteiger partial charge in [-0.15, -0.1) is 0 Å². The second kappa shape index (κ2) is 4.61. The molecule has 3 rings (SSSR count). The second-order valence-corrected chi connectivity index (χ2v) is 5.10. The average Bonchev–Trinajstić information content (AvgIpc) is 2.73. The molecule has 0 radical (unpaired) electrons. The van der Waals surface area contributed by atoms with E-state index < -0.39 is 0 Å². The standard InChI is InChI=1S/C14H18N2O2/c1-18-14(17)13-10-7-11(15-13)9-16(8-10)12-5-3-2-4-6-12/h2-6,10-11,13,15H,7-9H2,1H3/t10-,11+,13+/m0/s1. The Morgan fingerprint density at radius 3 is 2.83 bits per heavy atom. The lowest BCUT2D eigenvalue weighted by Gasteiger charge is -2.33. The molecule has 0 aliphatic carbocycles. The van der Waals surface area contributed by atoms with E-state index in [1.54, 1.807) is 0 Å². The van der Waals surface area contributed by atoms with Gasteiger partial charge in [0, 0.05) is 30.7 Å². The molecule has 0 unspecified atom stereocenters. The first kappa shape index (κ1) is 11.5. The van der Waals surface area contributed by atoms with Crippen LogP contribution in [0.25, 0.3) is 0 Å². The Hall–Kier alpha value is -1.55. The molecule has 0 amide bonds. The molecule has 2 bridgehead atoms. The molecule has 96 valence electrons. The average molecular weight is 246 g/mol. The monoisotopic (exact) mass is 246 g/mol. The minimum Gasteiger partial charge on any atom is -0.468 e. The van der Waals surface area contributed by atoms with Crippen LogP contribution in [-0.4, -0.2) is 38.3 Å². The highest BCUT2D eigenvalue weighted by Gasteiger charge is 2.43. The van der Waals surface area contributed by atoms with Crippen molar-refractivity contribution in [1.82, 2.24) is 5.32 Å². The number of anilines is 1. The Balaban J connectivity index is 1.76. The van der Waals surface area contributed by atoms with Crippen LogP contribution in [-0.2, 0) is 9.53 Å². The van der Waals surface area contributed by atoms with Crippen molar-refractivity contribution >= 4 is 11.7 Å². The van der Waals surface area contributed by atoms with E-state index in [0.717, 1.165) is 19.5 Å². The lowest BCUT2D eigenvalue weighted by molar-refractivity contribution is -0.143. The quantitative estimate of drug-likeness (QED) is 0.791. The maximum absolute atomic E-state index is 11.7. The molecule has 1 aromatic carbocycles. The van der Waals surface area contributed by atoms with Crippen molar-refractivity contribution in [1.29, 1.82) is 0 Å². The van der Waals surface area contributed by atoms with Crippen LogP contribution < -0.4 is 10.2 Å². The Morgan fingerprint density at radius 2 is 2.11 bits per heavy atom. The minimum absolute atomic E-state index is 0.127. The van der Waals surface area contributed by atoms with Gasteiger partial charge >= 0.3 is 5.97 Å². The number of hydrogen-bond donors (Lipinski definition) is 1. The third kappa shape index (κ3) is 1.97. The smallest absolute Gasteiger partial charge is 0.323 e. The predicted molar refractivity (Wildman–Crippen MR) is 69.5 cm³/mol. The van der Waals surface area contributed by atoms with Crippen molar-refractivity contribution in [3.63, 3.8) is 0 Å². The lowest BCUT2D eigenvalue weighted by Crippen LogP contribution is -2.41. The molecule has 4 nitrogen and oxygen atoms in total. The van der Waals surface area contributed by atoms with Gasteiger partial charge in [0.2, 0.25) is 0 Å². The van der Waals surface area contributed by atoms with Crippen LogP contribution in [0.4, 0.5) is 5.69 Å². The molecule has 1 N–H and O–H groups in total. The van der Waals surface area contributed by atoms with Crippen molar-refractivity contribution in [3.8, 4) is 0 Å². The van der Waals surface area contributed by atoms with Crippen molar-refractivity contribution in [2.75, 3.05) is 25.1 Å². The van der Waals surface area contributed by atoms with Gasteiger partial charge < -0.3 is 9.64 Å². The number of para-hydroxylation sites is 1. The van der Waals surface area contributed by atoms with Crippen molar-refractivity contribution in [2.45, 2.75) is 18.5 Å². The fourth-order valence-corrected chi connectivity index (χ4v) is 3.13. The number of benzene rings is 1. The van der Waals surface area contributed by atoms with Gasteiger partial charge in [-0.25, -0.2) is 0 Å². The van der Waals surface area contributed by atoms with Gasteiger partial charge in [0.25, 0.3) is 0 Å². The number of ether oxygens (including phenoxy) is 1. The Labute approximate surface area is 107 Å². The number of methoxy groups -OCH3 is 1. The van der Waals surface area contributed by atoms with Gasteiger partial charge in [0.05, 0.1) is 7.11 Å². The first-order valence-corrected chi connectivity index (χ1v) is 6.42. The Morgan fingerprint density at radius 1 is 1.33 bits per heavy atom. The molecular formula is C14H18N2O2. The number of carbonyl (C=O) groups is 1. The third-order valence-electron chi connectivity index (χ3n) is 3.95. The van der Waals surface area contributed by atoms with Crippen LogP contribution in [0.2, 0.25) is 0 Å². The van der Waals surface area contributed by atoms with E-state index in [1.807, 2.05) is 6.07 Å². The highest BCUT2D eigenvalue weighted by molar-refractivity contribution is 5.77.